The molecule has 0 bridgehead atoms. The second-order valence-electron chi connectivity index (χ2n) is 19.7. The van der Waals surface area contributed by atoms with Crippen molar-refractivity contribution in [3.8, 4) is 11.1 Å². The number of methoxy groups -OCH3 is 2. The molecule has 2 saturated heterocycles. The van der Waals surface area contributed by atoms with Gasteiger partial charge in [0.1, 0.15) is 23.7 Å². The van der Waals surface area contributed by atoms with Crippen LogP contribution in [-0.2, 0) is 23.9 Å². The number of benzene rings is 5. The number of rotatable bonds is 13. The molecule has 14 nitrogen and oxygen atoms in total. The van der Waals surface area contributed by atoms with Crippen LogP contribution in [0.25, 0.3) is 54.7 Å². The van der Waals surface area contributed by atoms with Gasteiger partial charge in [-0.2, -0.15) is 0 Å². The highest BCUT2D eigenvalue weighted by Crippen LogP contribution is 2.58. The average Bonchev–Trinajstić information content (AvgIpc) is 3.97. The summed E-state index contributed by atoms with van der Waals surface area (Å²) in [6.07, 6.45) is 3.33. The lowest BCUT2D eigenvalue weighted by atomic mass is 9.97. The molecule has 4 amide bonds. The van der Waals surface area contributed by atoms with Gasteiger partial charge in [-0.05, 0) is 95.2 Å². The van der Waals surface area contributed by atoms with Crippen LogP contribution >= 0.6 is 0 Å². The van der Waals surface area contributed by atoms with Crippen molar-refractivity contribution < 1.29 is 28.7 Å². The Kier molecular flexibility index (Phi) is 11.2. The molecular weight excluding hydrogens is 857 g/mol. The van der Waals surface area contributed by atoms with Gasteiger partial charge in [0, 0.05) is 42.3 Å². The Morgan fingerprint density at radius 2 is 1.41 bits per heavy atom. The monoisotopic (exact) mass is 914 g/mol. The Labute approximate surface area is 394 Å². The number of carbonyl (C=O) groups is 4. The number of piperidine rings is 1. The smallest absolute Gasteiger partial charge is 0.407 e. The first-order valence-electron chi connectivity index (χ1n) is 24.2. The number of imidazole rings is 2. The van der Waals surface area contributed by atoms with Crippen molar-refractivity contribution in [1.29, 1.82) is 0 Å². The van der Waals surface area contributed by atoms with Gasteiger partial charge in [-0.1, -0.05) is 93.9 Å². The zero-order valence-electron chi connectivity index (χ0n) is 39.1. The molecule has 0 spiro atoms. The number of aromatic amines is 2. The fraction of sp³-hybridized carbons (Fsp3) is 0.407. The van der Waals surface area contributed by atoms with E-state index in [1.54, 1.807) is 7.11 Å². The Morgan fingerprint density at radius 3 is 2.00 bits per heavy atom. The van der Waals surface area contributed by atoms with Crippen molar-refractivity contribution in [3.63, 3.8) is 0 Å². The molecule has 4 aliphatic rings. The number of hydrogen-bond acceptors (Lipinski definition) is 8. The third-order valence-corrected chi connectivity index (χ3v) is 15.5. The van der Waals surface area contributed by atoms with Gasteiger partial charge >= 0.3 is 6.09 Å². The first kappa shape index (κ1) is 43.8. The minimum Gasteiger partial charge on any atom is -0.453 e. The molecule has 4 fully saturated rings. The molecule has 14 heteroatoms. The molecule has 3 unspecified atom stereocenters. The van der Waals surface area contributed by atoms with Gasteiger partial charge in [0.25, 0.3) is 0 Å². The van der Waals surface area contributed by atoms with E-state index in [0.717, 1.165) is 97.6 Å². The molecule has 2 aliphatic carbocycles. The fourth-order valence-electron chi connectivity index (χ4n) is 11.3. The summed E-state index contributed by atoms with van der Waals surface area (Å²) in [6, 6.07) is 28.9. The van der Waals surface area contributed by atoms with E-state index in [1.165, 1.54) is 7.11 Å². The summed E-state index contributed by atoms with van der Waals surface area (Å²) >= 11 is 0. The minimum absolute atomic E-state index is 0.0328. The van der Waals surface area contributed by atoms with Crippen LogP contribution < -0.4 is 10.6 Å². The number of nitrogens with zero attached hydrogens (tertiary/aromatic N) is 4. The lowest BCUT2D eigenvalue weighted by molar-refractivity contribution is -0.138. The Bertz CT molecular complexity index is 3110. The summed E-state index contributed by atoms with van der Waals surface area (Å²) < 4.78 is 10.5. The lowest BCUT2D eigenvalue weighted by Crippen LogP contribution is -2.52. The predicted molar refractivity (Wildman–Crippen MR) is 260 cm³/mol. The van der Waals surface area contributed by atoms with Gasteiger partial charge in [0.15, 0.2) is 0 Å². The minimum atomic E-state index is -0.795. The molecule has 350 valence electrons. The van der Waals surface area contributed by atoms with Crippen LogP contribution in [0.15, 0.2) is 91.0 Å². The molecule has 2 aliphatic heterocycles. The number of ether oxygens (including phenoxy) is 2. The van der Waals surface area contributed by atoms with Gasteiger partial charge in [0.2, 0.25) is 17.7 Å². The molecule has 4 N–H and O–H groups in total. The Morgan fingerprint density at radius 1 is 0.779 bits per heavy atom. The van der Waals surface area contributed by atoms with E-state index in [-0.39, 0.29) is 53.6 Å². The maximum Gasteiger partial charge on any atom is 0.407 e. The van der Waals surface area contributed by atoms with Gasteiger partial charge in [0.05, 0.1) is 47.9 Å². The first-order valence-corrected chi connectivity index (χ1v) is 24.2. The number of hydrogen-bond donors (Lipinski definition) is 4. The zero-order valence-corrected chi connectivity index (χ0v) is 39.1. The summed E-state index contributed by atoms with van der Waals surface area (Å²) in [7, 11) is 3.01. The van der Waals surface area contributed by atoms with Crippen molar-refractivity contribution in [2.45, 2.75) is 83.1 Å². The number of H-pyrrole nitrogens is 2. The molecule has 5 aromatic carbocycles. The van der Waals surface area contributed by atoms with Crippen LogP contribution in [0.3, 0.4) is 0 Å². The van der Waals surface area contributed by atoms with Crippen molar-refractivity contribution in [3.05, 3.63) is 108 Å². The quantitative estimate of drug-likeness (QED) is 0.0888. The molecule has 2 saturated carbocycles. The molecule has 68 heavy (non-hydrogen) atoms. The van der Waals surface area contributed by atoms with Crippen LogP contribution in [0.4, 0.5) is 4.79 Å². The second-order valence-corrected chi connectivity index (χ2v) is 19.7. The molecule has 7 aromatic rings. The summed E-state index contributed by atoms with van der Waals surface area (Å²) in [5.74, 6) is 1.98. The van der Waals surface area contributed by atoms with E-state index < -0.39 is 18.2 Å². The van der Waals surface area contributed by atoms with E-state index >= 15 is 0 Å². The summed E-state index contributed by atoms with van der Waals surface area (Å²) in [5, 5.41) is 10.1. The number of aromatic nitrogens is 4. The van der Waals surface area contributed by atoms with Crippen LogP contribution in [0.5, 0.6) is 0 Å². The van der Waals surface area contributed by atoms with E-state index in [2.05, 4.69) is 76.1 Å². The maximum absolute atomic E-state index is 14.6. The number of amides is 4. The van der Waals surface area contributed by atoms with Crippen LogP contribution in [-0.4, -0.2) is 93.0 Å². The number of likely N-dealkylation sites (tertiary alicyclic amines) is 2. The second kappa shape index (κ2) is 17.4. The molecule has 0 radical (unpaired) electrons. The molecule has 9 atom stereocenters. The van der Waals surface area contributed by atoms with Crippen LogP contribution in [0, 0.1) is 29.6 Å². The van der Waals surface area contributed by atoms with E-state index in [9.17, 15) is 19.2 Å². The van der Waals surface area contributed by atoms with Gasteiger partial charge in [-0.25, -0.2) is 14.8 Å². The Balaban J connectivity index is 0.869. The lowest BCUT2D eigenvalue weighted by Gasteiger charge is -2.33. The van der Waals surface area contributed by atoms with Crippen molar-refractivity contribution in [2.75, 3.05) is 27.4 Å². The third kappa shape index (κ3) is 7.72. The first-order chi connectivity index (χ1) is 33.0. The molecule has 2 aromatic heterocycles. The predicted octanol–water partition coefficient (Wildman–Crippen LogP) is 8.89. The van der Waals surface area contributed by atoms with Crippen LogP contribution in [0.1, 0.15) is 88.2 Å². The van der Waals surface area contributed by atoms with Crippen LogP contribution in [0.2, 0.25) is 0 Å². The highest BCUT2D eigenvalue weighted by molar-refractivity contribution is 6.07. The standard InChI is InChI=1S/C54H58N8O6/c1-6-28(2)44(60-54(66)68-5)53(65)62-43(25-39-29(3)48(39)62)50-56-41-21-17-36-24-34(15-19-38(36)47(41)58-50)33-14-18-37-35(23-33)16-20-40-46(37)57-49(55-40)42-22-30(27-67-4)26-61(42)52(64)45(31-10-8-7-9-11-31)59-51(63)32-12-13-32/h7-11,14-21,23-24,28-30,32,39,42-45,48H,6,12-13,22,25-27H2,1-5H3,(H,55,57)(H,56,58)(H,59,63)(H,60,66)/t28-,29?,30-,39?,42-,43-,44-,45+,48?/m0/s1. The zero-order chi connectivity index (χ0) is 47.0. The number of alkyl carbamates (subject to hydrolysis) is 1. The van der Waals surface area contributed by atoms with Gasteiger partial charge in [-0.3, -0.25) is 14.4 Å². The normalized spacial score (nSPS) is 23.5. The summed E-state index contributed by atoms with van der Waals surface area (Å²) in [4.78, 5) is 75.7. The number of nitrogens with one attached hydrogen (secondary N) is 4. The van der Waals surface area contributed by atoms with E-state index in [0.29, 0.717) is 31.4 Å². The molecule has 11 rings (SSSR count). The maximum atomic E-state index is 14.6. The largest absolute Gasteiger partial charge is 0.453 e. The third-order valence-electron chi connectivity index (χ3n) is 15.5. The highest BCUT2D eigenvalue weighted by Gasteiger charge is 2.61. The number of fused-ring (bicyclic) bond motifs is 7. The Hall–Kier alpha value is -6.80. The molecular formula is C54H58N8O6. The van der Waals surface area contributed by atoms with Crippen molar-refractivity contribution >= 4 is 67.4 Å². The summed E-state index contributed by atoms with van der Waals surface area (Å²) in [6.45, 7) is 7.22. The van der Waals surface area contributed by atoms with Gasteiger partial charge in [-0.15, -0.1) is 0 Å². The fourth-order valence-corrected chi connectivity index (χ4v) is 11.3. The molecule has 4 heterocycles. The summed E-state index contributed by atoms with van der Waals surface area (Å²) in [5.41, 5.74) is 6.42. The van der Waals surface area contributed by atoms with E-state index in [4.69, 9.17) is 19.4 Å². The van der Waals surface area contributed by atoms with Gasteiger partial charge < -0.3 is 39.9 Å². The van der Waals surface area contributed by atoms with E-state index in [1.807, 2.05) is 66.1 Å². The topological polar surface area (TPSA) is 175 Å². The van der Waals surface area contributed by atoms with Crippen molar-refractivity contribution in [2.24, 2.45) is 29.6 Å². The van der Waals surface area contributed by atoms with Crippen molar-refractivity contribution in [1.82, 2.24) is 40.4 Å². The highest BCUT2D eigenvalue weighted by atomic mass is 16.5. The SMILES string of the molecule is CC[C@H](C)[C@H](NC(=O)OC)C(=O)N1C2C(C)C2C[C@H]1c1nc2ccc3cc(-c4ccc5c(ccc6nc([C@@H]7C[C@H](COC)CN7C(=O)[C@H](NC(=O)C7CC7)c7ccccc7)[nH]c65)c4)ccc3c2[nH]1. The average molecular weight is 915 g/mol. The number of carbonyl (C=O) groups excluding carboxylic acids is 4.